The average Bonchev–Trinajstić information content (AvgIpc) is 2.82. The maximum atomic E-state index is 12.6. The van der Waals surface area contributed by atoms with Crippen molar-refractivity contribution < 1.29 is 9.90 Å². The minimum Gasteiger partial charge on any atom is -0.391 e. The quantitative estimate of drug-likeness (QED) is 0.761. The lowest BCUT2D eigenvalue weighted by Gasteiger charge is -2.41. The van der Waals surface area contributed by atoms with Crippen LogP contribution in [0.4, 0.5) is 0 Å². The van der Waals surface area contributed by atoms with E-state index in [1.807, 2.05) is 30.3 Å². The molecule has 20 heavy (non-hydrogen) atoms. The van der Waals surface area contributed by atoms with Crippen LogP contribution in [0.25, 0.3) is 0 Å². The fourth-order valence-corrected chi connectivity index (χ4v) is 3.25. The van der Waals surface area contributed by atoms with Crippen LogP contribution < -0.4 is 10.6 Å². The zero-order valence-corrected chi connectivity index (χ0v) is 11.6. The lowest BCUT2D eigenvalue weighted by Crippen LogP contribution is -2.50. The predicted molar refractivity (Wildman–Crippen MR) is 77.3 cm³/mol. The van der Waals surface area contributed by atoms with Gasteiger partial charge in [-0.25, -0.2) is 0 Å². The van der Waals surface area contributed by atoms with Crippen molar-refractivity contribution in [3.63, 3.8) is 0 Å². The molecule has 1 saturated carbocycles. The second kappa shape index (κ2) is 5.54. The second-order valence-electron chi connectivity index (χ2n) is 6.00. The molecule has 1 heterocycles. The summed E-state index contributed by atoms with van der Waals surface area (Å²) in [6.45, 7) is 1.96. The van der Waals surface area contributed by atoms with Crippen LogP contribution in [-0.4, -0.2) is 36.8 Å². The van der Waals surface area contributed by atoms with Crippen LogP contribution in [0.2, 0.25) is 0 Å². The number of rotatable bonds is 4. The number of hydrogen-bond acceptors (Lipinski definition) is 3. The Morgan fingerprint density at radius 1 is 1.30 bits per heavy atom. The Kier molecular flexibility index (Phi) is 3.76. The Morgan fingerprint density at radius 2 is 2.05 bits per heavy atom. The molecule has 4 heteroatoms. The fourth-order valence-electron chi connectivity index (χ4n) is 3.25. The lowest BCUT2D eigenvalue weighted by molar-refractivity contribution is -0.130. The van der Waals surface area contributed by atoms with Gasteiger partial charge in [0.2, 0.25) is 5.91 Å². The summed E-state index contributed by atoms with van der Waals surface area (Å²) in [5.41, 5.74) is 0.784. The van der Waals surface area contributed by atoms with Gasteiger partial charge in [0, 0.05) is 25.6 Å². The van der Waals surface area contributed by atoms with E-state index < -0.39 is 0 Å². The average molecular weight is 274 g/mol. The monoisotopic (exact) mass is 274 g/mol. The number of amides is 1. The first-order valence-electron chi connectivity index (χ1n) is 7.45. The van der Waals surface area contributed by atoms with E-state index in [1.165, 1.54) is 0 Å². The summed E-state index contributed by atoms with van der Waals surface area (Å²) in [6.07, 6.45) is 2.61. The van der Waals surface area contributed by atoms with Crippen molar-refractivity contribution in [3.05, 3.63) is 35.9 Å². The molecule has 0 spiro atoms. The minimum atomic E-state index is -0.343. The molecule has 1 aromatic rings. The maximum Gasteiger partial charge on any atom is 0.230 e. The predicted octanol–water partition coefficient (Wildman–Crippen LogP) is 0.805. The van der Waals surface area contributed by atoms with Gasteiger partial charge in [0.1, 0.15) is 0 Å². The summed E-state index contributed by atoms with van der Waals surface area (Å²) >= 11 is 0. The Bertz CT molecular complexity index is 471. The Balaban J connectivity index is 1.66. The Morgan fingerprint density at radius 3 is 2.60 bits per heavy atom. The van der Waals surface area contributed by atoms with Crippen LogP contribution >= 0.6 is 0 Å². The van der Waals surface area contributed by atoms with Gasteiger partial charge in [-0.1, -0.05) is 36.8 Å². The van der Waals surface area contributed by atoms with Crippen LogP contribution in [0.3, 0.4) is 0 Å². The van der Waals surface area contributed by atoms with Crippen molar-refractivity contribution >= 4 is 5.91 Å². The molecule has 4 nitrogen and oxygen atoms in total. The molecule has 1 aliphatic carbocycles. The van der Waals surface area contributed by atoms with Crippen molar-refractivity contribution in [1.82, 2.24) is 10.6 Å². The maximum absolute atomic E-state index is 12.6. The van der Waals surface area contributed by atoms with Gasteiger partial charge < -0.3 is 15.7 Å². The van der Waals surface area contributed by atoms with Crippen LogP contribution in [0, 0.1) is 5.92 Å². The SMILES string of the molecule is O=C(NCC1CNCC1O)C1(c2ccccc2)CCC1. The third-order valence-corrected chi connectivity index (χ3v) is 4.80. The number of benzene rings is 1. The molecule has 108 valence electrons. The fraction of sp³-hybridized carbons (Fsp3) is 0.562. The summed E-state index contributed by atoms with van der Waals surface area (Å²) in [6, 6.07) is 10.1. The van der Waals surface area contributed by atoms with E-state index in [0.717, 1.165) is 31.4 Å². The van der Waals surface area contributed by atoms with Gasteiger partial charge in [-0.15, -0.1) is 0 Å². The van der Waals surface area contributed by atoms with E-state index in [1.54, 1.807) is 0 Å². The summed E-state index contributed by atoms with van der Waals surface area (Å²) in [4.78, 5) is 12.6. The first-order chi connectivity index (χ1) is 9.72. The van der Waals surface area contributed by atoms with E-state index in [-0.39, 0.29) is 23.3 Å². The van der Waals surface area contributed by atoms with Gasteiger partial charge in [0.15, 0.2) is 0 Å². The number of nitrogens with one attached hydrogen (secondary N) is 2. The summed E-state index contributed by atoms with van der Waals surface area (Å²) in [5, 5.41) is 16.0. The highest BCUT2D eigenvalue weighted by Crippen LogP contribution is 2.43. The molecule has 0 bridgehead atoms. The van der Waals surface area contributed by atoms with E-state index in [9.17, 15) is 9.90 Å². The summed E-state index contributed by atoms with van der Waals surface area (Å²) in [7, 11) is 0. The van der Waals surface area contributed by atoms with Crippen molar-refractivity contribution in [2.75, 3.05) is 19.6 Å². The molecule has 2 atom stereocenters. The molecule has 1 aliphatic heterocycles. The smallest absolute Gasteiger partial charge is 0.230 e. The summed E-state index contributed by atoms with van der Waals surface area (Å²) < 4.78 is 0. The molecule has 3 N–H and O–H groups in total. The molecule has 2 fully saturated rings. The zero-order valence-electron chi connectivity index (χ0n) is 11.6. The number of aliphatic hydroxyl groups is 1. The second-order valence-corrected chi connectivity index (χ2v) is 6.00. The first-order valence-corrected chi connectivity index (χ1v) is 7.45. The molecule has 0 radical (unpaired) electrons. The van der Waals surface area contributed by atoms with Gasteiger partial charge in [-0.3, -0.25) is 4.79 Å². The highest BCUT2D eigenvalue weighted by atomic mass is 16.3. The number of carbonyl (C=O) groups excluding carboxylic acids is 1. The van der Waals surface area contributed by atoms with E-state index in [4.69, 9.17) is 0 Å². The number of hydrogen-bond donors (Lipinski definition) is 3. The number of carbonyl (C=O) groups is 1. The van der Waals surface area contributed by atoms with Gasteiger partial charge in [0.25, 0.3) is 0 Å². The van der Waals surface area contributed by atoms with Crippen molar-refractivity contribution in [3.8, 4) is 0 Å². The van der Waals surface area contributed by atoms with Crippen LogP contribution in [0.1, 0.15) is 24.8 Å². The van der Waals surface area contributed by atoms with Crippen LogP contribution in [-0.2, 0) is 10.2 Å². The van der Waals surface area contributed by atoms with Crippen molar-refractivity contribution in [1.29, 1.82) is 0 Å². The molecule has 1 amide bonds. The topological polar surface area (TPSA) is 61.4 Å². The van der Waals surface area contributed by atoms with E-state index in [2.05, 4.69) is 10.6 Å². The minimum absolute atomic E-state index is 0.119. The number of β-amino-alcohol motifs (C(OH)–C–C–N with tert-alkyl or cyclic N) is 1. The molecular weight excluding hydrogens is 252 g/mol. The number of aliphatic hydroxyl groups excluding tert-OH is 1. The zero-order chi connectivity index (χ0) is 14.0. The van der Waals surface area contributed by atoms with Gasteiger partial charge in [-0.05, 0) is 18.4 Å². The third kappa shape index (κ3) is 2.34. The molecule has 0 aromatic heterocycles. The van der Waals surface area contributed by atoms with Crippen molar-refractivity contribution in [2.24, 2.45) is 5.92 Å². The van der Waals surface area contributed by atoms with Gasteiger partial charge in [-0.2, -0.15) is 0 Å². The molecular formula is C16H22N2O2. The Labute approximate surface area is 119 Å². The molecule has 2 aliphatic rings. The highest BCUT2D eigenvalue weighted by Gasteiger charge is 2.45. The standard InChI is InChI=1S/C16H22N2O2/c19-14-11-17-9-12(14)10-18-15(20)16(7-4-8-16)13-5-2-1-3-6-13/h1-3,5-6,12,14,17,19H,4,7-11H2,(H,18,20). The third-order valence-electron chi connectivity index (χ3n) is 4.80. The van der Waals surface area contributed by atoms with Gasteiger partial charge in [0.05, 0.1) is 11.5 Å². The largest absolute Gasteiger partial charge is 0.391 e. The molecule has 3 rings (SSSR count). The first kappa shape index (κ1) is 13.6. The molecule has 1 aromatic carbocycles. The summed E-state index contributed by atoms with van der Waals surface area (Å²) in [5.74, 6) is 0.251. The van der Waals surface area contributed by atoms with Crippen LogP contribution in [0.15, 0.2) is 30.3 Å². The molecule has 1 saturated heterocycles. The normalized spacial score (nSPS) is 27.9. The van der Waals surface area contributed by atoms with Gasteiger partial charge >= 0.3 is 0 Å². The van der Waals surface area contributed by atoms with Crippen LogP contribution in [0.5, 0.6) is 0 Å². The van der Waals surface area contributed by atoms with E-state index in [0.29, 0.717) is 13.1 Å². The van der Waals surface area contributed by atoms with E-state index >= 15 is 0 Å². The van der Waals surface area contributed by atoms with Crippen molar-refractivity contribution in [2.45, 2.75) is 30.8 Å². The Hall–Kier alpha value is -1.39. The highest BCUT2D eigenvalue weighted by molar-refractivity contribution is 5.89. The lowest BCUT2D eigenvalue weighted by atomic mass is 9.64. The molecule has 2 unspecified atom stereocenters.